The van der Waals surface area contributed by atoms with Crippen molar-refractivity contribution < 1.29 is 16.8 Å². The number of halogens is 2. The number of hydrogen-bond acceptors (Lipinski definition) is 4. The van der Waals surface area contributed by atoms with Crippen molar-refractivity contribution in [3.05, 3.63) is 57.4 Å². The molecule has 0 saturated heterocycles. The minimum absolute atomic E-state index is 0.0572. The van der Waals surface area contributed by atoms with Gasteiger partial charge in [-0.1, -0.05) is 29.3 Å². The molecule has 23 heavy (non-hydrogen) atoms. The van der Waals surface area contributed by atoms with Gasteiger partial charge in [-0.3, -0.25) is 4.72 Å². The van der Waals surface area contributed by atoms with Gasteiger partial charge in [0.25, 0.3) is 10.0 Å². The zero-order valence-electron chi connectivity index (χ0n) is 11.3. The van der Waals surface area contributed by atoms with Crippen LogP contribution >= 0.6 is 23.2 Å². The van der Waals surface area contributed by atoms with Crippen LogP contribution in [0.1, 0.15) is 5.56 Å². The van der Waals surface area contributed by atoms with Gasteiger partial charge in [0.05, 0.1) is 15.5 Å². The van der Waals surface area contributed by atoms with Crippen LogP contribution in [0, 0.1) is 0 Å². The van der Waals surface area contributed by atoms with Crippen molar-refractivity contribution in [2.45, 2.75) is 9.79 Å². The Hall–Kier alpha value is -1.54. The first-order chi connectivity index (χ1) is 10.7. The Morgan fingerprint density at radius 2 is 1.61 bits per heavy atom. The molecule has 9 heteroatoms. The van der Waals surface area contributed by atoms with E-state index in [1.165, 1.54) is 42.5 Å². The summed E-state index contributed by atoms with van der Waals surface area (Å²) >= 11 is 11.6. The van der Waals surface area contributed by atoms with Gasteiger partial charge in [0, 0.05) is 15.5 Å². The molecular formula is C14H9Cl2NO4S2. The Balaban J connectivity index is 1.99. The van der Waals surface area contributed by atoms with E-state index >= 15 is 0 Å². The highest BCUT2D eigenvalue weighted by Crippen LogP contribution is 2.30. The molecule has 5 nitrogen and oxygen atoms in total. The Bertz CT molecular complexity index is 1020. The van der Waals surface area contributed by atoms with E-state index in [4.69, 9.17) is 23.2 Å². The second-order valence-corrected chi connectivity index (χ2v) is 9.17. The minimum Gasteiger partial charge on any atom is -0.280 e. The number of nitrogens with one attached hydrogen (secondary N) is 1. The van der Waals surface area contributed by atoms with Gasteiger partial charge in [0.1, 0.15) is 0 Å². The third kappa shape index (κ3) is 3.23. The molecule has 0 atom stereocenters. The predicted molar refractivity (Wildman–Crippen MR) is 89.9 cm³/mol. The van der Waals surface area contributed by atoms with E-state index in [0.717, 1.165) is 5.41 Å². The normalized spacial score (nSPS) is 15.4. The molecule has 0 fully saturated rings. The van der Waals surface area contributed by atoms with Gasteiger partial charge < -0.3 is 0 Å². The molecule has 2 aromatic rings. The van der Waals surface area contributed by atoms with Gasteiger partial charge in [0.15, 0.2) is 0 Å². The molecule has 1 aliphatic rings. The van der Waals surface area contributed by atoms with E-state index in [0.29, 0.717) is 5.56 Å². The van der Waals surface area contributed by atoms with Crippen LogP contribution in [0.15, 0.2) is 51.6 Å². The Kier molecular flexibility index (Phi) is 3.92. The number of anilines is 1. The van der Waals surface area contributed by atoms with Crippen LogP contribution in [0.2, 0.25) is 10.0 Å². The number of sulfonamides is 1. The fourth-order valence-corrected chi connectivity index (χ4v) is 5.12. The molecule has 2 aromatic carbocycles. The summed E-state index contributed by atoms with van der Waals surface area (Å²) in [5.41, 5.74) is 0.644. The summed E-state index contributed by atoms with van der Waals surface area (Å²) in [7, 11) is -7.47. The maximum absolute atomic E-state index is 12.4. The largest absolute Gasteiger partial charge is 0.280 e. The van der Waals surface area contributed by atoms with Crippen molar-refractivity contribution >= 4 is 54.8 Å². The van der Waals surface area contributed by atoms with E-state index in [-0.39, 0.29) is 25.5 Å². The molecule has 0 spiro atoms. The maximum Gasteiger partial charge on any atom is 0.261 e. The van der Waals surface area contributed by atoms with Crippen LogP contribution in [0.4, 0.5) is 5.69 Å². The molecule has 0 aliphatic carbocycles. The topological polar surface area (TPSA) is 80.3 Å². The molecule has 3 rings (SSSR count). The average Bonchev–Trinajstić information content (AvgIpc) is 2.73. The van der Waals surface area contributed by atoms with Crippen LogP contribution in [0.5, 0.6) is 0 Å². The second-order valence-electron chi connectivity index (χ2n) is 4.81. The molecule has 0 saturated carbocycles. The molecule has 0 unspecified atom stereocenters. The SMILES string of the molecule is O=S1(=O)C=Cc2ccc(NS(=O)(=O)c3cc(Cl)cc(Cl)c3)cc21. The van der Waals surface area contributed by atoms with E-state index in [2.05, 4.69) is 4.72 Å². The Morgan fingerprint density at radius 3 is 2.26 bits per heavy atom. The third-order valence-electron chi connectivity index (χ3n) is 3.15. The number of rotatable bonds is 3. The second kappa shape index (κ2) is 5.52. The zero-order chi connectivity index (χ0) is 16.8. The third-order valence-corrected chi connectivity index (χ3v) is 6.40. The molecule has 0 aromatic heterocycles. The van der Waals surface area contributed by atoms with Crippen LogP contribution in [-0.4, -0.2) is 16.8 Å². The minimum atomic E-state index is -3.95. The van der Waals surface area contributed by atoms with E-state index < -0.39 is 19.9 Å². The summed E-state index contributed by atoms with van der Waals surface area (Å²) in [6.45, 7) is 0. The molecule has 0 bridgehead atoms. The van der Waals surface area contributed by atoms with Crippen LogP contribution in [0.3, 0.4) is 0 Å². The van der Waals surface area contributed by atoms with Gasteiger partial charge in [-0.2, -0.15) is 0 Å². The fraction of sp³-hybridized carbons (Fsp3) is 0. The van der Waals surface area contributed by atoms with E-state index in [1.54, 1.807) is 0 Å². The van der Waals surface area contributed by atoms with Gasteiger partial charge in [-0.05, 0) is 42.0 Å². The van der Waals surface area contributed by atoms with E-state index in [1.807, 2.05) is 0 Å². The summed E-state index contributed by atoms with van der Waals surface area (Å²) < 4.78 is 50.7. The van der Waals surface area contributed by atoms with Crippen molar-refractivity contribution in [3.8, 4) is 0 Å². The molecule has 0 amide bonds. The smallest absolute Gasteiger partial charge is 0.261 e. The lowest BCUT2D eigenvalue weighted by Crippen LogP contribution is -2.13. The van der Waals surface area contributed by atoms with E-state index in [9.17, 15) is 16.8 Å². The first-order valence-corrected chi connectivity index (χ1v) is 10.0. The fourth-order valence-electron chi connectivity index (χ4n) is 2.12. The van der Waals surface area contributed by atoms with Crippen molar-refractivity contribution in [2.75, 3.05) is 4.72 Å². The van der Waals surface area contributed by atoms with Gasteiger partial charge in [-0.15, -0.1) is 0 Å². The molecule has 1 aliphatic heterocycles. The molecule has 120 valence electrons. The van der Waals surface area contributed by atoms with Crippen molar-refractivity contribution in [1.82, 2.24) is 0 Å². The summed E-state index contributed by atoms with van der Waals surface area (Å²) in [5, 5.41) is 1.43. The lowest BCUT2D eigenvalue weighted by molar-refractivity contribution is 0.600. The molecule has 0 radical (unpaired) electrons. The number of benzene rings is 2. The van der Waals surface area contributed by atoms with Crippen molar-refractivity contribution in [1.29, 1.82) is 0 Å². The predicted octanol–water partition coefficient (Wildman–Crippen LogP) is 3.55. The maximum atomic E-state index is 12.4. The van der Waals surface area contributed by atoms with Crippen molar-refractivity contribution in [3.63, 3.8) is 0 Å². The Morgan fingerprint density at radius 1 is 0.957 bits per heavy atom. The zero-order valence-corrected chi connectivity index (χ0v) is 14.5. The van der Waals surface area contributed by atoms with Gasteiger partial charge in [0.2, 0.25) is 9.84 Å². The number of fused-ring (bicyclic) bond motifs is 1. The average molecular weight is 390 g/mol. The standard InChI is InChI=1S/C14H9Cl2NO4S2/c15-10-5-11(16)7-13(6-10)23(20,21)17-12-2-1-9-3-4-22(18,19)14(9)8-12/h1-8,17H. The molecular weight excluding hydrogens is 381 g/mol. The lowest BCUT2D eigenvalue weighted by Gasteiger charge is -2.10. The summed E-state index contributed by atoms with van der Waals surface area (Å²) in [6.07, 6.45) is 1.46. The number of sulfone groups is 1. The quantitative estimate of drug-likeness (QED) is 0.869. The highest BCUT2D eigenvalue weighted by molar-refractivity contribution is 7.95. The summed E-state index contributed by atoms with van der Waals surface area (Å²) in [4.78, 5) is -0.0571. The van der Waals surface area contributed by atoms with Gasteiger partial charge in [-0.25, -0.2) is 16.8 Å². The highest BCUT2D eigenvalue weighted by Gasteiger charge is 2.22. The molecule has 1 heterocycles. The lowest BCUT2D eigenvalue weighted by atomic mass is 10.2. The summed E-state index contributed by atoms with van der Waals surface area (Å²) in [5.74, 6) is 0. The summed E-state index contributed by atoms with van der Waals surface area (Å²) in [6, 6.07) is 8.19. The first kappa shape index (κ1) is 16.3. The van der Waals surface area contributed by atoms with Crippen LogP contribution < -0.4 is 4.72 Å². The van der Waals surface area contributed by atoms with Crippen molar-refractivity contribution in [2.24, 2.45) is 0 Å². The monoisotopic (exact) mass is 389 g/mol. The first-order valence-electron chi connectivity index (χ1n) is 6.23. The number of hydrogen-bond donors (Lipinski definition) is 1. The van der Waals surface area contributed by atoms with Crippen LogP contribution in [0.25, 0.3) is 6.08 Å². The van der Waals surface area contributed by atoms with Crippen LogP contribution in [-0.2, 0) is 19.9 Å². The molecule has 1 N–H and O–H groups in total. The van der Waals surface area contributed by atoms with Gasteiger partial charge >= 0.3 is 0 Å². The Labute approximate surface area is 143 Å². The highest BCUT2D eigenvalue weighted by atomic mass is 35.5.